The third-order valence-corrected chi connectivity index (χ3v) is 3.02. The molecule has 0 radical (unpaired) electrons. The molecule has 1 aromatic carbocycles. The number of ether oxygens (including phenoxy) is 1. The average molecular weight is 221 g/mol. The van der Waals surface area contributed by atoms with Crippen molar-refractivity contribution in [3.63, 3.8) is 0 Å². The summed E-state index contributed by atoms with van der Waals surface area (Å²) in [6, 6.07) is 6.38. The summed E-state index contributed by atoms with van der Waals surface area (Å²) in [6.07, 6.45) is 2.99. The maximum Gasteiger partial charge on any atom is 0.123 e. The molecule has 1 aliphatic heterocycles. The molecule has 0 bridgehead atoms. The van der Waals surface area contributed by atoms with Gasteiger partial charge in [-0.1, -0.05) is 12.1 Å². The van der Waals surface area contributed by atoms with E-state index in [2.05, 4.69) is 36.9 Å². The first-order valence-corrected chi connectivity index (χ1v) is 5.73. The van der Waals surface area contributed by atoms with Crippen molar-refractivity contribution in [1.29, 1.82) is 0 Å². The first kappa shape index (κ1) is 11.4. The Kier molecular flexibility index (Phi) is 3.17. The Bertz CT molecular complexity index is 374. The lowest BCUT2D eigenvalue weighted by atomic mass is 9.93. The molecule has 2 rings (SSSR count). The molecule has 0 unspecified atom stereocenters. The lowest BCUT2D eigenvalue weighted by Crippen LogP contribution is -2.32. The van der Waals surface area contributed by atoms with Crippen LogP contribution in [0.15, 0.2) is 18.2 Å². The Morgan fingerprint density at radius 1 is 1.44 bits per heavy atom. The van der Waals surface area contributed by atoms with Gasteiger partial charge in [-0.3, -0.25) is 0 Å². The summed E-state index contributed by atoms with van der Waals surface area (Å²) in [6.45, 7) is 4.80. The monoisotopic (exact) mass is 221 g/mol. The number of rotatable bonds is 3. The van der Waals surface area contributed by atoms with Gasteiger partial charge in [0.05, 0.1) is 6.61 Å². The van der Waals surface area contributed by atoms with Gasteiger partial charge in [0.2, 0.25) is 0 Å². The topological polar surface area (TPSA) is 44.5 Å². The van der Waals surface area contributed by atoms with E-state index in [1.54, 1.807) is 0 Å². The van der Waals surface area contributed by atoms with E-state index in [4.69, 9.17) is 10.6 Å². The fourth-order valence-corrected chi connectivity index (χ4v) is 2.02. The van der Waals surface area contributed by atoms with Crippen LogP contribution < -0.4 is 10.6 Å². The van der Waals surface area contributed by atoms with Gasteiger partial charge in [0.15, 0.2) is 0 Å². The van der Waals surface area contributed by atoms with E-state index in [1.165, 1.54) is 11.1 Å². The minimum atomic E-state index is -0.0456. The number of hydrogen-bond acceptors (Lipinski definition) is 3. The van der Waals surface area contributed by atoms with Crippen LogP contribution in [0, 0.1) is 0 Å². The molecule has 0 atom stereocenters. The van der Waals surface area contributed by atoms with Crippen molar-refractivity contribution in [2.24, 2.45) is 5.90 Å². The lowest BCUT2D eigenvalue weighted by Gasteiger charge is -2.32. The van der Waals surface area contributed by atoms with Crippen molar-refractivity contribution in [2.75, 3.05) is 6.61 Å². The van der Waals surface area contributed by atoms with Crippen LogP contribution in [0.25, 0.3) is 0 Å². The standard InChI is InChI=1S/C13H19NO2/c1-13(2)7-5-11-4-3-10(6-8-15-14)9-12(11)16-13/h3-4,9H,5-8,14H2,1-2H3. The number of fused-ring (bicyclic) bond motifs is 1. The van der Waals surface area contributed by atoms with Crippen LogP contribution in [0.3, 0.4) is 0 Å². The fourth-order valence-electron chi connectivity index (χ4n) is 2.02. The molecule has 0 fully saturated rings. The van der Waals surface area contributed by atoms with E-state index in [0.717, 1.165) is 25.0 Å². The van der Waals surface area contributed by atoms with E-state index in [-0.39, 0.29) is 5.60 Å². The van der Waals surface area contributed by atoms with Gasteiger partial charge in [0.1, 0.15) is 11.4 Å². The Hall–Kier alpha value is -1.06. The minimum Gasteiger partial charge on any atom is -0.488 e. The largest absolute Gasteiger partial charge is 0.488 e. The number of hydrogen-bond donors (Lipinski definition) is 1. The molecule has 0 amide bonds. The molecule has 0 saturated heterocycles. The van der Waals surface area contributed by atoms with E-state index in [0.29, 0.717) is 6.61 Å². The van der Waals surface area contributed by atoms with Crippen LogP contribution in [0.5, 0.6) is 5.75 Å². The smallest absolute Gasteiger partial charge is 0.123 e. The van der Waals surface area contributed by atoms with Crippen LogP contribution in [0.1, 0.15) is 31.4 Å². The molecule has 2 N–H and O–H groups in total. The zero-order valence-corrected chi connectivity index (χ0v) is 9.95. The highest BCUT2D eigenvalue weighted by molar-refractivity contribution is 5.39. The molecule has 0 saturated carbocycles. The predicted octanol–water partition coefficient (Wildman–Crippen LogP) is 2.22. The van der Waals surface area contributed by atoms with Gasteiger partial charge in [-0.15, -0.1) is 0 Å². The summed E-state index contributed by atoms with van der Waals surface area (Å²) in [5.41, 5.74) is 2.47. The van der Waals surface area contributed by atoms with Crippen molar-refractivity contribution in [3.05, 3.63) is 29.3 Å². The minimum absolute atomic E-state index is 0.0456. The van der Waals surface area contributed by atoms with E-state index < -0.39 is 0 Å². The van der Waals surface area contributed by atoms with Crippen molar-refractivity contribution < 1.29 is 9.57 Å². The molecule has 1 aromatic rings. The number of aryl methyl sites for hydroxylation is 1. The van der Waals surface area contributed by atoms with Crippen molar-refractivity contribution in [2.45, 2.75) is 38.7 Å². The second kappa shape index (κ2) is 4.44. The summed E-state index contributed by atoms with van der Waals surface area (Å²) in [4.78, 5) is 4.59. The Morgan fingerprint density at radius 2 is 2.25 bits per heavy atom. The van der Waals surface area contributed by atoms with Gasteiger partial charge < -0.3 is 9.57 Å². The maximum absolute atomic E-state index is 5.97. The van der Waals surface area contributed by atoms with Gasteiger partial charge in [-0.25, -0.2) is 5.90 Å². The highest BCUT2D eigenvalue weighted by atomic mass is 16.6. The van der Waals surface area contributed by atoms with Gasteiger partial charge in [-0.05, 0) is 50.3 Å². The van der Waals surface area contributed by atoms with Crippen LogP contribution in [-0.4, -0.2) is 12.2 Å². The van der Waals surface area contributed by atoms with Crippen molar-refractivity contribution in [3.8, 4) is 5.75 Å². The molecule has 3 heteroatoms. The predicted molar refractivity (Wildman–Crippen MR) is 63.3 cm³/mol. The van der Waals surface area contributed by atoms with Gasteiger partial charge in [0.25, 0.3) is 0 Å². The summed E-state index contributed by atoms with van der Waals surface area (Å²) < 4.78 is 5.97. The zero-order chi connectivity index (χ0) is 11.6. The molecule has 3 nitrogen and oxygen atoms in total. The van der Waals surface area contributed by atoms with E-state index >= 15 is 0 Å². The van der Waals surface area contributed by atoms with Crippen molar-refractivity contribution >= 4 is 0 Å². The Labute approximate surface area is 96.5 Å². The van der Waals surface area contributed by atoms with Crippen LogP contribution >= 0.6 is 0 Å². The summed E-state index contributed by atoms with van der Waals surface area (Å²) >= 11 is 0. The summed E-state index contributed by atoms with van der Waals surface area (Å²) in [7, 11) is 0. The first-order valence-electron chi connectivity index (χ1n) is 5.73. The SMILES string of the molecule is CC1(C)CCc2ccc(CCON)cc2O1. The molecule has 1 heterocycles. The second-order valence-electron chi connectivity index (χ2n) is 4.92. The van der Waals surface area contributed by atoms with Gasteiger partial charge in [0, 0.05) is 0 Å². The third kappa shape index (κ3) is 2.54. The van der Waals surface area contributed by atoms with Crippen LogP contribution in [0.2, 0.25) is 0 Å². The quantitative estimate of drug-likeness (QED) is 0.796. The number of benzene rings is 1. The average Bonchev–Trinajstić information content (AvgIpc) is 2.24. The second-order valence-corrected chi connectivity index (χ2v) is 4.92. The molecule has 0 aromatic heterocycles. The van der Waals surface area contributed by atoms with Crippen LogP contribution in [0.4, 0.5) is 0 Å². The molecule has 16 heavy (non-hydrogen) atoms. The van der Waals surface area contributed by atoms with Crippen molar-refractivity contribution in [1.82, 2.24) is 0 Å². The maximum atomic E-state index is 5.97. The Balaban J connectivity index is 2.17. The molecule has 1 aliphatic rings. The summed E-state index contributed by atoms with van der Waals surface area (Å²) in [5, 5.41) is 0. The molecule has 0 spiro atoms. The summed E-state index contributed by atoms with van der Waals surface area (Å²) in [5.74, 6) is 6.05. The normalized spacial score (nSPS) is 17.7. The molecule has 88 valence electrons. The Morgan fingerprint density at radius 3 is 3.00 bits per heavy atom. The van der Waals surface area contributed by atoms with Gasteiger partial charge in [-0.2, -0.15) is 0 Å². The lowest BCUT2D eigenvalue weighted by molar-refractivity contribution is 0.0844. The van der Waals surface area contributed by atoms with Crippen LogP contribution in [-0.2, 0) is 17.7 Å². The molecular weight excluding hydrogens is 202 g/mol. The molecule has 0 aliphatic carbocycles. The van der Waals surface area contributed by atoms with E-state index in [1.807, 2.05) is 0 Å². The zero-order valence-electron chi connectivity index (χ0n) is 9.95. The fraction of sp³-hybridized carbons (Fsp3) is 0.538. The highest BCUT2D eigenvalue weighted by Gasteiger charge is 2.26. The molecular formula is C13H19NO2. The third-order valence-electron chi connectivity index (χ3n) is 3.02. The highest BCUT2D eigenvalue weighted by Crippen LogP contribution is 2.33. The first-order chi connectivity index (χ1) is 7.61. The van der Waals surface area contributed by atoms with E-state index in [9.17, 15) is 0 Å². The number of nitrogens with two attached hydrogens (primary N) is 1. The van der Waals surface area contributed by atoms with Gasteiger partial charge >= 0.3 is 0 Å².